The van der Waals surface area contributed by atoms with Crippen molar-refractivity contribution in [3.63, 3.8) is 0 Å². The van der Waals surface area contributed by atoms with Crippen molar-refractivity contribution in [1.29, 1.82) is 0 Å². The molecule has 2 N–H and O–H groups in total. The molecule has 1 heterocycles. The zero-order valence-corrected chi connectivity index (χ0v) is 12.3. The lowest BCUT2D eigenvalue weighted by molar-refractivity contribution is -0.122. The SMILES string of the molecule is Cc1ccc2c(CC(=O)N[C@H]3CCCC[C@@H]3O)coc2c1. The Morgan fingerprint density at radius 3 is 3.00 bits per heavy atom. The Morgan fingerprint density at radius 2 is 2.19 bits per heavy atom. The van der Waals surface area contributed by atoms with Crippen molar-refractivity contribution in [3.05, 3.63) is 35.6 Å². The number of carbonyl (C=O) groups excluding carboxylic acids is 1. The molecule has 2 aromatic rings. The summed E-state index contributed by atoms with van der Waals surface area (Å²) in [5.41, 5.74) is 2.85. The first-order valence-corrected chi connectivity index (χ1v) is 7.57. The average Bonchev–Trinajstić information content (AvgIpc) is 2.83. The first-order valence-electron chi connectivity index (χ1n) is 7.57. The predicted molar refractivity (Wildman–Crippen MR) is 81.1 cm³/mol. The highest BCUT2D eigenvalue weighted by atomic mass is 16.3. The number of aliphatic hydroxyl groups is 1. The van der Waals surface area contributed by atoms with Gasteiger partial charge in [0.1, 0.15) is 5.58 Å². The quantitative estimate of drug-likeness (QED) is 0.912. The van der Waals surface area contributed by atoms with Crippen LogP contribution >= 0.6 is 0 Å². The number of carbonyl (C=O) groups is 1. The summed E-state index contributed by atoms with van der Waals surface area (Å²) in [5, 5.41) is 13.9. The second-order valence-corrected chi connectivity index (χ2v) is 5.96. The van der Waals surface area contributed by atoms with Gasteiger partial charge in [-0.2, -0.15) is 0 Å². The summed E-state index contributed by atoms with van der Waals surface area (Å²) in [6.45, 7) is 2.01. The van der Waals surface area contributed by atoms with Gasteiger partial charge in [-0.1, -0.05) is 25.0 Å². The average molecular weight is 287 g/mol. The number of aryl methyl sites for hydroxylation is 1. The molecule has 1 aliphatic rings. The van der Waals surface area contributed by atoms with Gasteiger partial charge in [-0.25, -0.2) is 0 Å². The van der Waals surface area contributed by atoms with Crippen LogP contribution in [-0.2, 0) is 11.2 Å². The highest BCUT2D eigenvalue weighted by molar-refractivity contribution is 5.88. The van der Waals surface area contributed by atoms with E-state index in [9.17, 15) is 9.90 Å². The standard InChI is InChI=1S/C17H21NO3/c1-11-6-7-13-12(10-21-16(13)8-11)9-17(20)18-14-4-2-3-5-15(14)19/h6-8,10,14-15,19H,2-5,9H2,1H3,(H,18,20)/t14-,15-/m0/s1. The maximum atomic E-state index is 12.2. The molecule has 112 valence electrons. The number of aliphatic hydroxyl groups excluding tert-OH is 1. The Labute approximate surface area is 124 Å². The van der Waals surface area contributed by atoms with Crippen LogP contribution in [0.25, 0.3) is 11.0 Å². The minimum atomic E-state index is -0.411. The van der Waals surface area contributed by atoms with Crippen LogP contribution in [0.5, 0.6) is 0 Å². The van der Waals surface area contributed by atoms with Gasteiger partial charge in [0.25, 0.3) is 0 Å². The fourth-order valence-corrected chi connectivity index (χ4v) is 3.04. The van der Waals surface area contributed by atoms with Gasteiger partial charge in [-0.3, -0.25) is 4.79 Å². The van der Waals surface area contributed by atoms with Crippen LogP contribution in [0, 0.1) is 6.92 Å². The summed E-state index contributed by atoms with van der Waals surface area (Å²) in [5.74, 6) is -0.0516. The van der Waals surface area contributed by atoms with Crippen molar-refractivity contribution in [3.8, 4) is 0 Å². The maximum Gasteiger partial charge on any atom is 0.224 e. The molecule has 4 nitrogen and oxygen atoms in total. The summed E-state index contributed by atoms with van der Waals surface area (Å²) in [4.78, 5) is 12.2. The fraction of sp³-hybridized carbons (Fsp3) is 0.471. The summed E-state index contributed by atoms with van der Waals surface area (Å²) in [7, 11) is 0. The van der Waals surface area contributed by atoms with Crippen LogP contribution in [0.2, 0.25) is 0 Å². The number of hydrogen-bond donors (Lipinski definition) is 2. The maximum absolute atomic E-state index is 12.2. The predicted octanol–water partition coefficient (Wildman–Crippen LogP) is 2.70. The van der Waals surface area contributed by atoms with Crippen molar-refractivity contribution >= 4 is 16.9 Å². The lowest BCUT2D eigenvalue weighted by Gasteiger charge is -2.28. The summed E-state index contributed by atoms with van der Waals surface area (Å²) >= 11 is 0. The Kier molecular flexibility index (Phi) is 3.97. The van der Waals surface area contributed by atoms with Gasteiger partial charge in [0.2, 0.25) is 5.91 Å². The minimum absolute atomic E-state index is 0.0516. The molecule has 4 heteroatoms. The number of rotatable bonds is 3. The van der Waals surface area contributed by atoms with Crippen molar-refractivity contribution < 1.29 is 14.3 Å². The Hall–Kier alpha value is -1.81. The van der Waals surface area contributed by atoms with Crippen molar-refractivity contribution in [2.45, 2.75) is 51.2 Å². The van der Waals surface area contributed by atoms with E-state index in [1.54, 1.807) is 6.26 Å². The first kappa shape index (κ1) is 14.1. The minimum Gasteiger partial charge on any atom is -0.464 e. The van der Waals surface area contributed by atoms with E-state index in [1.165, 1.54) is 0 Å². The number of fused-ring (bicyclic) bond motifs is 1. The van der Waals surface area contributed by atoms with E-state index in [2.05, 4.69) is 5.32 Å². The van der Waals surface area contributed by atoms with E-state index in [0.717, 1.165) is 47.8 Å². The third-order valence-electron chi connectivity index (χ3n) is 4.24. The highest BCUT2D eigenvalue weighted by Gasteiger charge is 2.24. The third-order valence-corrected chi connectivity index (χ3v) is 4.24. The molecule has 1 saturated carbocycles. The molecule has 0 spiro atoms. The second-order valence-electron chi connectivity index (χ2n) is 5.96. The van der Waals surface area contributed by atoms with Gasteiger partial charge in [0, 0.05) is 10.9 Å². The number of benzene rings is 1. The molecule has 0 bridgehead atoms. The normalized spacial score (nSPS) is 22.4. The van der Waals surface area contributed by atoms with Crippen molar-refractivity contribution in [2.24, 2.45) is 0 Å². The third kappa shape index (κ3) is 3.10. The van der Waals surface area contributed by atoms with Crippen molar-refractivity contribution in [1.82, 2.24) is 5.32 Å². The number of amides is 1. The molecule has 0 unspecified atom stereocenters. The molecule has 0 radical (unpaired) electrons. The van der Waals surface area contributed by atoms with Crippen LogP contribution in [0.15, 0.2) is 28.9 Å². The van der Waals surface area contributed by atoms with Gasteiger partial charge in [-0.15, -0.1) is 0 Å². The molecular weight excluding hydrogens is 266 g/mol. The number of hydrogen-bond acceptors (Lipinski definition) is 3. The van der Waals surface area contributed by atoms with E-state index in [4.69, 9.17) is 4.42 Å². The number of furan rings is 1. The fourth-order valence-electron chi connectivity index (χ4n) is 3.04. The molecule has 1 fully saturated rings. The Morgan fingerprint density at radius 1 is 1.38 bits per heavy atom. The Balaban J connectivity index is 1.68. The first-order chi connectivity index (χ1) is 10.1. The van der Waals surface area contributed by atoms with Crippen LogP contribution in [-0.4, -0.2) is 23.2 Å². The van der Waals surface area contributed by atoms with E-state index in [-0.39, 0.29) is 11.9 Å². The van der Waals surface area contributed by atoms with Crippen LogP contribution in [0.1, 0.15) is 36.8 Å². The topological polar surface area (TPSA) is 62.5 Å². The molecule has 3 rings (SSSR count). The second kappa shape index (κ2) is 5.90. The van der Waals surface area contributed by atoms with Gasteiger partial charge in [-0.05, 0) is 31.4 Å². The summed E-state index contributed by atoms with van der Waals surface area (Å²) < 4.78 is 5.51. The van der Waals surface area contributed by atoms with Gasteiger partial charge >= 0.3 is 0 Å². The molecule has 1 aliphatic carbocycles. The van der Waals surface area contributed by atoms with Gasteiger partial charge in [0.15, 0.2) is 0 Å². The van der Waals surface area contributed by atoms with E-state index < -0.39 is 6.10 Å². The molecule has 1 aromatic heterocycles. The zero-order chi connectivity index (χ0) is 14.8. The largest absolute Gasteiger partial charge is 0.464 e. The summed E-state index contributed by atoms with van der Waals surface area (Å²) in [6.07, 6.45) is 5.28. The molecule has 2 atom stereocenters. The van der Waals surface area contributed by atoms with Gasteiger partial charge < -0.3 is 14.8 Å². The van der Waals surface area contributed by atoms with E-state index in [0.29, 0.717) is 6.42 Å². The number of nitrogens with one attached hydrogen (secondary N) is 1. The van der Waals surface area contributed by atoms with Crippen LogP contribution in [0.4, 0.5) is 0 Å². The molecule has 21 heavy (non-hydrogen) atoms. The molecule has 1 aromatic carbocycles. The van der Waals surface area contributed by atoms with E-state index >= 15 is 0 Å². The van der Waals surface area contributed by atoms with E-state index in [1.807, 2.05) is 25.1 Å². The van der Waals surface area contributed by atoms with Crippen LogP contribution in [0.3, 0.4) is 0 Å². The lowest BCUT2D eigenvalue weighted by atomic mass is 9.92. The highest BCUT2D eigenvalue weighted by Crippen LogP contribution is 2.23. The van der Waals surface area contributed by atoms with Crippen molar-refractivity contribution in [2.75, 3.05) is 0 Å². The Bertz CT molecular complexity index is 647. The zero-order valence-electron chi connectivity index (χ0n) is 12.3. The lowest BCUT2D eigenvalue weighted by Crippen LogP contribution is -2.45. The smallest absolute Gasteiger partial charge is 0.224 e. The summed E-state index contributed by atoms with van der Waals surface area (Å²) in [6, 6.07) is 5.88. The molecule has 1 amide bonds. The molecule has 0 aliphatic heterocycles. The van der Waals surface area contributed by atoms with Crippen LogP contribution < -0.4 is 5.32 Å². The van der Waals surface area contributed by atoms with Gasteiger partial charge in [0.05, 0.1) is 24.8 Å². The monoisotopic (exact) mass is 287 g/mol. The molecule has 0 saturated heterocycles. The molecular formula is C17H21NO3.